The molecule has 2 heterocycles. The number of furan rings is 1. The molecule has 2 aliphatic rings. The van der Waals surface area contributed by atoms with Crippen LogP contribution in [0.5, 0.6) is 0 Å². The van der Waals surface area contributed by atoms with Crippen molar-refractivity contribution in [2.45, 2.75) is 5.41 Å². The van der Waals surface area contributed by atoms with Crippen molar-refractivity contribution in [1.29, 1.82) is 0 Å². The standard InChI is InChI=1S/C65H40N2O/c1-3-18-41(19-4-1)44-36-45(42-20-5-2-6-21-42)38-46(37-44)64-66-59(40-60(67-64)52-28-17-33-62-63(52)53-27-12-16-32-61(53)68-62)43-34-35-58-54(39-43)48-23-8-7-22-47(48)49-24-9-13-29-55(49)65(58)56-30-14-10-25-50(56)51-26-11-15-31-57(51)65/h1-40H. The number of aromatic nitrogens is 2. The summed E-state index contributed by atoms with van der Waals surface area (Å²) < 4.78 is 6.46. The molecule has 0 aliphatic heterocycles. The van der Waals surface area contributed by atoms with E-state index in [1.165, 1.54) is 55.6 Å². The summed E-state index contributed by atoms with van der Waals surface area (Å²) in [6.07, 6.45) is 0. The molecule has 12 aromatic rings. The molecule has 10 aromatic carbocycles. The first-order valence-electron chi connectivity index (χ1n) is 23.3. The molecule has 0 N–H and O–H groups in total. The molecule has 0 fully saturated rings. The summed E-state index contributed by atoms with van der Waals surface area (Å²) in [5.74, 6) is 0.648. The molecule has 2 aliphatic carbocycles. The Hall–Kier alpha value is -8.92. The molecule has 0 amide bonds. The van der Waals surface area contributed by atoms with Crippen molar-refractivity contribution in [2.75, 3.05) is 0 Å². The van der Waals surface area contributed by atoms with Crippen LogP contribution in [-0.2, 0) is 5.41 Å². The molecule has 0 atom stereocenters. The molecule has 2 aromatic heterocycles. The zero-order valence-corrected chi connectivity index (χ0v) is 36.9. The average Bonchev–Trinajstić information content (AvgIpc) is 3.92. The first-order valence-corrected chi connectivity index (χ1v) is 23.3. The third-order valence-electron chi connectivity index (χ3n) is 14.3. The highest BCUT2D eigenvalue weighted by Gasteiger charge is 2.49. The zero-order valence-electron chi connectivity index (χ0n) is 36.9. The van der Waals surface area contributed by atoms with E-state index in [4.69, 9.17) is 14.4 Å². The molecule has 0 saturated heterocycles. The van der Waals surface area contributed by atoms with Gasteiger partial charge >= 0.3 is 0 Å². The van der Waals surface area contributed by atoms with Crippen LogP contribution >= 0.6 is 0 Å². The molecule has 0 radical (unpaired) electrons. The number of hydrogen-bond donors (Lipinski definition) is 0. The SMILES string of the molecule is c1ccc(-c2cc(-c3ccccc3)cc(-c3nc(-c4ccc5c(c4)-c4ccccc4-c4ccccc4C54c5ccccc5-c5ccccc54)cc(-c4cccc5oc6ccccc6c45)n3)c2)cc1. The highest BCUT2D eigenvalue weighted by atomic mass is 16.3. The average molecular weight is 865 g/mol. The van der Waals surface area contributed by atoms with Gasteiger partial charge in [0.2, 0.25) is 0 Å². The zero-order chi connectivity index (χ0) is 44.8. The van der Waals surface area contributed by atoms with Crippen LogP contribution in [0.3, 0.4) is 0 Å². The van der Waals surface area contributed by atoms with Gasteiger partial charge in [0.05, 0.1) is 16.8 Å². The Balaban J connectivity index is 1.06. The molecule has 3 heteroatoms. The normalized spacial score (nSPS) is 12.8. The Bertz CT molecular complexity index is 3870. The van der Waals surface area contributed by atoms with Gasteiger partial charge in [0, 0.05) is 27.5 Å². The number of para-hydroxylation sites is 1. The van der Waals surface area contributed by atoms with E-state index in [1.54, 1.807) is 0 Å². The van der Waals surface area contributed by atoms with E-state index in [0.29, 0.717) is 5.82 Å². The van der Waals surface area contributed by atoms with Gasteiger partial charge < -0.3 is 4.42 Å². The minimum atomic E-state index is -0.567. The summed E-state index contributed by atoms with van der Waals surface area (Å²) in [7, 11) is 0. The van der Waals surface area contributed by atoms with Crippen LogP contribution in [0.1, 0.15) is 22.3 Å². The lowest BCUT2D eigenvalue weighted by molar-refractivity contribution is 0.669. The van der Waals surface area contributed by atoms with Gasteiger partial charge in [0.15, 0.2) is 5.82 Å². The van der Waals surface area contributed by atoms with Gasteiger partial charge in [-0.2, -0.15) is 0 Å². The topological polar surface area (TPSA) is 38.9 Å². The van der Waals surface area contributed by atoms with Crippen molar-refractivity contribution < 1.29 is 4.42 Å². The van der Waals surface area contributed by atoms with Crippen molar-refractivity contribution in [3.8, 4) is 89.5 Å². The Morgan fingerprint density at radius 1 is 0.279 bits per heavy atom. The number of rotatable bonds is 5. The second-order valence-corrected chi connectivity index (χ2v) is 18.0. The fourth-order valence-corrected chi connectivity index (χ4v) is 11.4. The maximum absolute atomic E-state index is 6.46. The predicted molar refractivity (Wildman–Crippen MR) is 278 cm³/mol. The lowest BCUT2D eigenvalue weighted by atomic mass is 9.66. The molecule has 1 spiro atoms. The Morgan fingerprint density at radius 3 is 1.40 bits per heavy atom. The summed E-state index contributed by atoms with van der Waals surface area (Å²) in [5.41, 5.74) is 22.7. The molecular weight excluding hydrogens is 825 g/mol. The minimum Gasteiger partial charge on any atom is -0.456 e. The van der Waals surface area contributed by atoms with Crippen LogP contribution in [0.4, 0.5) is 0 Å². The van der Waals surface area contributed by atoms with E-state index in [1.807, 2.05) is 18.2 Å². The van der Waals surface area contributed by atoms with E-state index in [-0.39, 0.29) is 0 Å². The van der Waals surface area contributed by atoms with E-state index in [0.717, 1.165) is 72.3 Å². The molecular formula is C65H40N2O. The minimum absolute atomic E-state index is 0.567. The first-order chi connectivity index (χ1) is 33.7. The second-order valence-electron chi connectivity index (χ2n) is 18.0. The molecule has 68 heavy (non-hydrogen) atoms. The number of hydrogen-bond acceptors (Lipinski definition) is 3. The Labute approximate surface area is 394 Å². The Morgan fingerprint density at radius 2 is 0.750 bits per heavy atom. The van der Waals surface area contributed by atoms with E-state index >= 15 is 0 Å². The van der Waals surface area contributed by atoms with Crippen LogP contribution in [0.2, 0.25) is 0 Å². The largest absolute Gasteiger partial charge is 0.456 e. The lowest BCUT2D eigenvalue weighted by Gasteiger charge is -2.35. The third kappa shape index (κ3) is 5.72. The molecule has 0 unspecified atom stereocenters. The van der Waals surface area contributed by atoms with Gasteiger partial charge in [-0.3, -0.25) is 0 Å². The summed E-state index contributed by atoms with van der Waals surface area (Å²) in [5, 5.41) is 2.09. The summed E-state index contributed by atoms with van der Waals surface area (Å²) in [4.78, 5) is 11.1. The van der Waals surface area contributed by atoms with Crippen molar-refractivity contribution in [1.82, 2.24) is 9.97 Å². The predicted octanol–water partition coefficient (Wildman–Crippen LogP) is 16.7. The van der Waals surface area contributed by atoms with E-state index in [2.05, 4.69) is 224 Å². The maximum atomic E-state index is 6.46. The van der Waals surface area contributed by atoms with E-state index in [9.17, 15) is 0 Å². The van der Waals surface area contributed by atoms with Crippen molar-refractivity contribution >= 4 is 21.9 Å². The molecule has 316 valence electrons. The monoisotopic (exact) mass is 864 g/mol. The van der Waals surface area contributed by atoms with Crippen LogP contribution in [0.15, 0.2) is 247 Å². The smallest absolute Gasteiger partial charge is 0.160 e. The van der Waals surface area contributed by atoms with Crippen molar-refractivity contribution in [2.24, 2.45) is 0 Å². The first kappa shape index (κ1) is 38.4. The molecule has 3 nitrogen and oxygen atoms in total. The summed E-state index contributed by atoms with van der Waals surface area (Å²) in [6, 6.07) is 87.7. The van der Waals surface area contributed by atoms with Gasteiger partial charge in [0.25, 0.3) is 0 Å². The van der Waals surface area contributed by atoms with Gasteiger partial charge in [-0.05, 0) is 120 Å². The van der Waals surface area contributed by atoms with Crippen LogP contribution in [0.25, 0.3) is 111 Å². The molecule has 14 rings (SSSR count). The van der Waals surface area contributed by atoms with Gasteiger partial charge in [0.1, 0.15) is 11.2 Å². The van der Waals surface area contributed by atoms with Crippen molar-refractivity contribution in [3.05, 3.63) is 265 Å². The highest BCUT2D eigenvalue weighted by molar-refractivity contribution is 6.12. The van der Waals surface area contributed by atoms with Crippen LogP contribution in [-0.4, -0.2) is 9.97 Å². The number of benzene rings is 10. The highest BCUT2D eigenvalue weighted by Crippen LogP contribution is 2.61. The number of nitrogens with zero attached hydrogens (tertiary/aromatic N) is 2. The summed E-state index contributed by atoms with van der Waals surface area (Å²) >= 11 is 0. The van der Waals surface area contributed by atoms with Gasteiger partial charge in [-0.25, -0.2) is 9.97 Å². The van der Waals surface area contributed by atoms with Crippen LogP contribution in [0, 0.1) is 0 Å². The molecule has 0 bridgehead atoms. The fraction of sp³-hybridized carbons (Fsp3) is 0.0154. The third-order valence-corrected chi connectivity index (χ3v) is 14.3. The Kier molecular flexibility index (Phi) is 8.50. The maximum Gasteiger partial charge on any atom is 0.160 e. The molecule has 0 saturated carbocycles. The van der Waals surface area contributed by atoms with E-state index < -0.39 is 5.41 Å². The second kappa shape index (κ2) is 15.1. The quantitative estimate of drug-likeness (QED) is 0.173. The van der Waals surface area contributed by atoms with Gasteiger partial charge in [-0.15, -0.1) is 0 Å². The van der Waals surface area contributed by atoms with Gasteiger partial charge in [-0.1, -0.05) is 200 Å². The summed E-state index contributed by atoms with van der Waals surface area (Å²) in [6.45, 7) is 0. The lowest BCUT2D eigenvalue weighted by Crippen LogP contribution is -2.29. The fourth-order valence-electron chi connectivity index (χ4n) is 11.4. The van der Waals surface area contributed by atoms with Crippen LogP contribution < -0.4 is 0 Å². The van der Waals surface area contributed by atoms with Crippen molar-refractivity contribution in [3.63, 3.8) is 0 Å². The number of fused-ring (bicyclic) bond motifs is 15.